The highest BCUT2D eigenvalue weighted by atomic mass is 35.5. The van der Waals surface area contributed by atoms with Crippen molar-refractivity contribution in [2.45, 2.75) is 18.9 Å². The van der Waals surface area contributed by atoms with Gasteiger partial charge in [0.2, 0.25) is 0 Å². The first-order valence-corrected chi connectivity index (χ1v) is 9.71. The van der Waals surface area contributed by atoms with Gasteiger partial charge >= 0.3 is 0 Å². The first-order chi connectivity index (χ1) is 13.5. The molecule has 2 amide bonds. The molecule has 2 N–H and O–H groups in total. The Bertz CT molecular complexity index is 878. The van der Waals surface area contributed by atoms with Gasteiger partial charge in [-0.25, -0.2) is 0 Å². The van der Waals surface area contributed by atoms with Crippen LogP contribution in [0.5, 0.6) is 0 Å². The molecule has 0 bridgehead atoms. The summed E-state index contributed by atoms with van der Waals surface area (Å²) >= 11 is 12.0. The van der Waals surface area contributed by atoms with Gasteiger partial charge in [-0.15, -0.1) is 0 Å². The molecule has 1 aliphatic rings. The lowest BCUT2D eigenvalue weighted by Gasteiger charge is -2.14. The first-order valence-electron chi connectivity index (χ1n) is 8.96. The van der Waals surface area contributed by atoms with Gasteiger partial charge in [0, 0.05) is 18.2 Å². The number of halogens is 2. The van der Waals surface area contributed by atoms with Crippen LogP contribution in [0, 0.1) is 0 Å². The minimum Gasteiger partial charge on any atom is -0.376 e. The zero-order valence-electron chi connectivity index (χ0n) is 15.1. The first kappa shape index (κ1) is 20.4. The molecule has 0 aromatic heterocycles. The van der Waals surface area contributed by atoms with Crippen LogP contribution in [0.1, 0.15) is 28.8 Å². The van der Waals surface area contributed by atoms with Crippen LogP contribution in [-0.4, -0.2) is 31.1 Å². The quantitative estimate of drug-likeness (QED) is 0.694. The zero-order valence-corrected chi connectivity index (χ0v) is 16.6. The van der Waals surface area contributed by atoms with Gasteiger partial charge in [-0.3, -0.25) is 9.59 Å². The van der Waals surface area contributed by atoms with Gasteiger partial charge in [-0.05, 0) is 42.7 Å². The van der Waals surface area contributed by atoms with Gasteiger partial charge in [-0.1, -0.05) is 53.5 Å². The third-order valence-electron chi connectivity index (χ3n) is 4.29. The van der Waals surface area contributed by atoms with E-state index in [0.717, 1.165) is 18.4 Å². The van der Waals surface area contributed by atoms with Crippen molar-refractivity contribution in [3.63, 3.8) is 0 Å². The lowest BCUT2D eigenvalue weighted by molar-refractivity contribution is -0.118. The van der Waals surface area contributed by atoms with Crippen molar-refractivity contribution in [3.8, 4) is 0 Å². The fourth-order valence-corrected chi connectivity index (χ4v) is 3.34. The van der Waals surface area contributed by atoms with Crippen LogP contribution >= 0.6 is 23.2 Å². The number of ether oxygens (including phenoxy) is 1. The molecule has 28 heavy (non-hydrogen) atoms. The van der Waals surface area contributed by atoms with Crippen molar-refractivity contribution in [1.29, 1.82) is 0 Å². The van der Waals surface area contributed by atoms with Crippen molar-refractivity contribution in [2.24, 2.45) is 0 Å². The molecule has 3 rings (SSSR count). The lowest BCUT2D eigenvalue weighted by atomic mass is 10.1. The second kappa shape index (κ2) is 9.73. The molecule has 0 saturated carbocycles. The van der Waals surface area contributed by atoms with Gasteiger partial charge in [0.25, 0.3) is 11.8 Å². The molecule has 1 atom stereocenters. The molecule has 0 aliphatic carbocycles. The fraction of sp³-hybridized carbons (Fsp3) is 0.238. The predicted molar refractivity (Wildman–Crippen MR) is 110 cm³/mol. The second-order valence-corrected chi connectivity index (χ2v) is 7.24. The van der Waals surface area contributed by atoms with Gasteiger partial charge in [0.1, 0.15) is 5.70 Å². The molecular formula is C21H20Cl2N2O3. The largest absolute Gasteiger partial charge is 0.376 e. The van der Waals surface area contributed by atoms with E-state index < -0.39 is 11.8 Å². The Morgan fingerprint density at radius 2 is 1.93 bits per heavy atom. The maximum Gasteiger partial charge on any atom is 0.267 e. The molecule has 1 aliphatic heterocycles. The van der Waals surface area contributed by atoms with Gasteiger partial charge in [0.15, 0.2) is 0 Å². The minimum atomic E-state index is -0.490. The van der Waals surface area contributed by atoms with Gasteiger partial charge in [-0.2, -0.15) is 0 Å². The fourth-order valence-electron chi connectivity index (χ4n) is 2.84. The van der Waals surface area contributed by atoms with E-state index >= 15 is 0 Å². The van der Waals surface area contributed by atoms with Crippen LogP contribution in [0.2, 0.25) is 10.0 Å². The minimum absolute atomic E-state index is 0.00309. The Morgan fingerprint density at radius 3 is 2.61 bits per heavy atom. The zero-order chi connectivity index (χ0) is 19.9. The highest BCUT2D eigenvalue weighted by Crippen LogP contribution is 2.21. The molecule has 2 aromatic rings. The van der Waals surface area contributed by atoms with Crippen LogP contribution in [0.15, 0.2) is 54.2 Å². The topological polar surface area (TPSA) is 67.4 Å². The predicted octanol–water partition coefficient (Wildman–Crippen LogP) is 4.06. The molecule has 7 heteroatoms. The number of nitrogens with one attached hydrogen (secondary N) is 2. The molecule has 0 spiro atoms. The van der Waals surface area contributed by atoms with Crippen molar-refractivity contribution in [3.05, 3.63) is 75.4 Å². The third-order valence-corrected chi connectivity index (χ3v) is 4.84. The Morgan fingerprint density at radius 1 is 1.14 bits per heavy atom. The van der Waals surface area contributed by atoms with Gasteiger partial charge in [0.05, 0.1) is 16.7 Å². The molecule has 5 nitrogen and oxygen atoms in total. The van der Waals surface area contributed by atoms with Crippen molar-refractivity contribution < 1.29 is 14.3 Å². The van der Waals surface area contributed by atoms with E-state index in [1.807, 2.05) is 30.3 Å². The summed E-state index contributed by atoms with van der Waals surface area (Å²) in [4.78, 5) is 25.4. The van der Waals surface area contributed by atoms with Crippen LogP contribution in [0.25, 0.3) is 6.08 Å². The molecular weight excluding hydrogens is 399 g/mol. The summed E-state index contributed by atoms with van der Waals surface area (Å²) in [5, 5.41) is 6.12. The monoisotopic (exact) mass is 418 g/mol. The van der Waals surface area contributed by atoms with Crippen LogP contribution in [-0.2, 0) is 9.53 Å². The summed E-state index contributed by atoms with van der Waals surface area (Å²) in [5.74, 6) is -0.881. The Kier molecular flexibility index (Phi) is 7.09. The molecule has 0 radical (unpaired) electrons. The number of benzene rings is 2. The van der Waals surface area contributed by atoms with Crippen LogP contribution in [0.3, 0.4) is 0 Å². The van der Waals surface area contributed by atoms with Gasteiger partial charge < -0.3 is 15.4 Å². The van der Waals surface area contributed by atoms with E-state index in [4.69, 9.17) is 27.9 Å². The number of amides is 2. The maximum absolute atomic E-state index is 12.7. The average Bonchev–Trinajstić information content (AvgIpc) is 3.20. The lowest BCUT2D eigenvalue weighted by Crippen LogP contribution is -2.38. The normalized spacial score (nSPS) is 16.6. The van der Waals surface area contributed by atoms with E-state index in [9.17, 15) is 9.59 Å². The van der Waals surface area contributed by atoms with E-state index in [-0.39, 0.29) is 22.4 Å². The standard InChI is InChI=1S/C21H20Cl2N2O3/c22-15-8-9-17(18(23)12-15)20(26)25-19(11-14-5-2-1-3-6-14)21(27)24-13-16-7-4-10-28-16/h1-3,5-6,8-9,11-12,16H,4,7,10,13H2,(H,24,27)(H,25,26)/b19-11-/t16-/m0/s1. The second-order valence-electron chi connectivity index (χ2n) is 6.39. The van der Waals surface area contributed by atoms with E-state index in [0.29, 0.717) is 18.2 Å². The maximum atomic E-state index is 12.7. The van der Waals surface area contributed by atoms with E-state index in [1.54, 1.807) is 12.1 Å². The van der Waals surface area contributed by atoms with Crippen LogP contribution in [0.4, 0.5) is 0 Å². The summed E-state index contributed by atoms with van der Waals surface area (Å²) in [5.41, 5.74) is 1.14. The summed E-state index contributed by atoms with van der Waals surface area (Å²) < 4.78 is 5.53. The molecule has 1 saturated heterocycles. The Labute approximate surface area is 173 Å². The van der Waals surface area contributed by atoms with Crippen molar-refractivity contribution in [1.82, 2.24) is 10.6 Å². The smallest absolute Gasteiger partial charge is 0.267 e. The Hall–Kier alpha value is -2.34. The molecule has 1 heterocycles. The van der Waals surface area contributed by atoms with Crippen LogP contribution < -0.4 is 10.6 Å². The number of rotatable bonds is 6. The molecule has 2 aromatic carbocycles. The van der Waals surface area contributed by atoms with E-state index in [2.05, 4.69) is 10.6 Å². The number of carbonyl (C=O) groups is 2. The SMILES string of the molecule is O=C(NC[C@@H]1CCCO1)/C(=C/c1ccccc1)NC(=O)c1ccc(Cl)cc1Cl. The summed E-state index contributed by atoms with van der Waals surface area (Å²) in [6.07, 6.45) is 3.51. The molecule has 146 valence electrons. The third kappa shape index (κ3) is 5.58. The highest BCUT2D eigenvalue weighted by molar-refractivity contribution is 6.36. The average molecular weight is 419 g/mol. The summed E-state index contributed by atoms with van der Waals surface area (Å²) in [6, 6.07) is 13.8. The van der Waals surface area contributed by atoms with Crippen molar-refractivity contribution in [2.75, 3.05) is 13.2 Å². The number of hydrogen-bond donors (Lipinski definition) is 2. The van der Waals surface area contributed by atoms with E-state index in [1.165, 1.54) is 12.1 Å². The summed E-state index contributed by atoms with van der Waals surface area (Å²) in [7, 11) is 0. The van der Waals surface area contributed by atoms with Crippen molar-refractivity contribution >= 4 is 41.1 Å². The molecule has 1 fully saturated rings. The summed E-state index contributed by atoms with van der Waals surface area (Å²) in [6.45, 7) is 1.10. The number of carbonyl (C=O) groups excluding carboxylic acids is 2. The number of hydrogen-bond acceptors (Lipinski definition) is 3. The highest BCUT2D eigenvalue weighted by Gasteiger charge is 2.20. The molecule has 0 unspecified atom stereocenters. The Balaban J connectivity index is 1.78.